The summed E-state index contributed by atoms with van der Waals surface area (Å²) in [6.07, 6.45) is 1.46. The number of methoxy groups -OCH3 is 1. The molecule has 0 radical (unpaired) electrons. The predicted molar refractivity (Wildman–Crippen MR) is 76.5 cm³/mol. The molecule has 1 amide bonds. The molecule has 1 aromatic heterocycles. The van der Waals surface area contributed by atoms with Gasteiger partial charge in [0.15, 0.2) is 5.78 Å². The summed E-state index contributed by atoms with van der Waals surface area (Å²) in [4.78, 5) is 37.7. The van der Waals surface area contributed by atoms with Crippen molar-refractivity contribution >= 4 is 23.3 Å². The van der Waals surface area contributed by atoms with E-state index in [9.17, 15) is 14.4 Å². The van der Waals surface area contributed by atoms with Crippen molar-refractivity contribution < 1.29 is 19.1 Å². The number of esters is 1. The third kappa shape index (κ3) is 3.17. The normalized spacial score (nSPS) is 10.0. The van der Waals surface area contributed by atoms with Gasteiger partial charge in [-0.1, -0.05) is 12.1 Å². The predicted octanol–water partition coefficient (Wildman–Crippen LogP) is 2.26. The second kappa shape index (κ2) is 6.04. The molecule has 108 valence electrons. The average Bonchev–Trinajstić information content (AvgIpc) is 2.97. The van der Waals surface area contributed by atoms with Crippen molar-refractivity contribution in [2.75, 3.05) is 12.4 Å². The van der Waals surface area contributed by atoms with E-state index in [1.807, 2.05) is 0 Å². The number of aromatic nitrogens is 1. The number of amides is 1. The van der Waals surface area contributed by atoms with Crippen LogP contribution < -0.4 is 5.32 Å². The number of anilines is 1. The van der Waals surface area contributed by atoms with Crippen molar-refractivity contribution in [2.24, 2.45) is 0 Å². The molecule has 0 saturated carbocycles. The number of H-pyrrole nitrogens is 1. The zero-order chi connectivity index (χ0) is 15.4. The third-order valence-electron chi connectivity index (χ3n) is 2.91. The van der Waals surface area contributed by atoms with Gasteiger partial charge in [-0.15, -0.1) is 0 Å². The number of carbonyl (C=O) groups is 3. The molecular weight excluding hydrogens is 272 g/mol. The minimum Gasteiger partial charge on any atom is -0.465 e. The molecule has 1 aromatic carbocycles. The number of ketones is 1. The van der Waals surface area contributed by atoms with E-state index in [4.69, 9.17) is 0 Å². The maximum Gasteiger partial charge on any atom is 0.339 e. The summed E-state index contributed by atoms with van der Waals surface area (Å²) in [5.74, 6) is -1.12. The Morgan fingerprint density at radius 2 is 1.90 bits per heavy atom. The lowest BCUT2D eigenvalue weighted by Gasteiger charge is -2.08. The summed E-state index contributed by atoms with van der Waals surface area (Å²) < 4.78 is 4.66. The van der Waals surface area contributed by atoms with E-state index in [0.717, 1.165) is 0 Å². The minimum atomic E-state index is -0.540. The van der Waals surface area contributed by atoms with Crippen molar-refractivity contribution in [3.8, 4) is 0 Å². The molecule has 2 N–H and O–H groups in total. The molecule has 2 rings (SSSR count). The lowest BCUT2D eigenvalue weighted by atomic mass is 10.1. The fraction of sp³-hybridized carbons (Fsp3) is 0.133. The number of aromatic amines is 1. The molecule has 0 atom stereocenters. The van der Waals surface area contributed by atoms with Crippen molar-refractivity contribution in [1.82, 2.24) is 4.98 Å². The summed E-state index contributed by atoms with van der Waals surface area (Å²) in [6.45, 7) is 1.41. The molecule has 1 heterocycles. The molecule has 0 aliphatic carbocycles. The Labute approximate surface area is 121 Å². The number of benzene rings is 1. The van der Waals surface area contributed by atoms with E-state index in [2.05, 4.69) is 15.0 Å². The van der Waals surface area contributed by atoms with Gasteiger partial charge in [0.25, 0.3) is 5.91 Å². The Morgan fingerprint density at radius 1 is 1.19 bits per heavy atom. The number of hydrogen-bond donors (Lipinski definition) is 2. The number of Topliss-reactive ketones (excluding diaryl/α,β-unsaturated/α-hetero) is 1. The van der Waals surface area contributed by atoms with Gasteiger partial charge in [0, 0.05) is 11.8 Å². The van der Waals surface area contributed by atoms with Crippen LogP contribution in [0.1, 0.15) is 38.1 Å². The van der Waals surface area contributed by atoms with Crippen LogP contribution in [0.4, 0.5) is 5.69 Å². The molecule has 0 aliphatic heterocycles. The van der Waals surface area contributed by atoms with Crippen LogP contribution in [0.2, 0.25) is 0 Å². The van der Waals surface area contributed by atoms with Crippen molar-refractivity contribution in [3.05, 3.63) is 53.3 Å². The first-order valence-corrected chi connectivity index (χ1v) is 6.21. The van der Waals surface area contributed by atoms with E-state index in [0.29, 0.717) is 11.3 Å². The fourth-order valence-corrected chi connectivity index (χ4v) is 1.80. The fourth-order valence-electron chi connectivity index (χ4n) is 1.80. The maximum absolute atomic E-state index is 12.1. The first-order valence-electron chi connectivity index (χ1n) is 6.21. The first-order chi connectivity index (χ1) is 10.0. The van der Waals surface area contributed by atoms with Gasteiger partial charge >= 0.3 is 5.97 Å². The van der Waals surface area contributed by atoms with Gasteiger partial charge in [-0.25, -0.2) is 4.79 Å². The van der Waals surface area contributed by atoms with E-state index >= 15 is 0 Å². The molecule has 21 heavy (non-hydrogen) atoms. The van der Waals surface area contributed by atoms with E-state index < -0.39 is 11.9 Å². The molecule has 6 heteroatoms. The summed E-state index contributed by atoms with van der Waals surface area (Å²) in [7, 11) is 1.27. The van der Waals surface area contributed by atoms with Crippen molar-refractivity contribution in [3.63, 3.8) is 0 Å². The minimum absolute atomic E-state index is 0.139. The Hall–Kier alpha value is -2.89. The van der Waals surface area contributed by atoms with Crippen molar-refractivity contribution in [1.29, 1.82) is 0 Å². The lowest BCUT2D eigenvalue weighted by Crippen LogP contribution is -2.15. The standard InChI is InChI=1S/C15H14N2O4/c1-9(18)10-7-13(16-8-10)14(19)17-12-6-4-3-5-11(12)15(20)21-2/h3-8,16H,1-2H3,(H,17,19). The number of nitrogens with one attached hydrogen (secondary N) is 2. The summed E-state index contributed by atoms with van der Waals surface area (Å²) in [5.41, 5.74) is 1.25. The van der Waals surface area contributed by atoms with Crippen LogP contribution in [-0.4, -0.2) is 29.8 Å². The highest BCUT2D eigenvalue weighted by atomic mass is 16.5. The monoisotopic (exact) mass is 286 g/mol. The van der Waals surface area contributed by atoms with Crippen LogP contribution in [0.3, 0.4) is 0 Å². The molecular formula is C15H14N2O4. The zero-order valence-electron chi connectivity index (χ0n) is 11.6. The van der Waals surface area contributed by atoms with Gasteiger partial charge in [-0.3, -0.25) is 9.59 Å². The smallest absolute Gasteiger partial charge is 0.339 e. The molecule has 0 unspecified atom stereocenters. The zero-order valence-corrected chi connectivity index (χ0v) is 11.6. The quantitative estimate of drug-likeness (QED) is 0.666. The highest BCUT2D eigenvalue weighted by Crippen LogP contribution is 2.17. The van der Waals surface area contributed by atoms with Gasteiger partial charge in [-0.05, 0) is 25.1 Å². The summed E-state index contributed by atoms with van der Waals surface area (Å²) in [5, 5.41) is 2.61. The van der Waals surface area contributed by atoms with E-state index in [1.165, 1.54) is 26.3 Å². The van der Waals surface area contributed by atoms with Gasteiger partial charge in [0.2, 0.25) is 0 Å². The number of hydrogen-bond acceptors (Lipinski definition) is 4. The first kappa shape index (κ1) is 14.5. The molecule has 0 aliphatic rings. The Bertz CT molecular complexity index is 703. The second-order valence-electron chi connectivity index (χ2n) is 4.35. The number of para-hydroxylation sites is 1. The Kier molecular flexibility index (Phi) is 4.18. The molecule has 0 saturated heterocycles. The van der Waals surface area contributed by atoms with Gasteiger partial charge < -0.3 is 15.0 Å². The SMILES string of the molecule is COC(=O)c1ccccc1NC(=O)c1cc(C(C)=O)c[nH]1. The van der Waals surface area contributed by atoms with Gasteiger partial charge in [-0.2, -0.15) is 0 Å². The largest absolute Gasteiger partial charge is 0.465 e. The highest BCUT2D eigenvalue weighted by molar-refractivity contribution is 6.08. The lowest BCUT2D eigenvalue weighted by molar-refractivity contribution is 0.0601. The Morgan fingerprint density at radius 3 is 2.52 bits per heavy atom. The molecule has 6 nitrogen and oxygen atoms in total. The number of rotatable bonds is 4. The number of carbonyl (C=O) groups excluding carboxylic acids is 3. The Balaban J connectivity index is 2.23. The molecule has 2 aromatic rings. The maximum atomic E-state index is 12.1. The van der Waals surface area contributed by atoms with Crippen LogP contribution in [0.15, 0.2) is 36.5 Å². The van der Waals surface area contributed by atoms with Crippen LogP contribution in [0.25, 0.3) is 0 Å². The van der Waals surface area contributed by atoms with Crippen LogP contribution in [-0.2, 0) is 4.74 Å². The van der Waals surface area contributed by atoms with Crippen molar-refractivity contribution in [2.45, 2.75) is 6.92 Å². The molecule has 0 bridgehead atoms. The second-order valence-corrected chi connectivity index (χ2v) is 4.35. The summed E-state index contributed by atoms with van der Waals surface area (Å²) >= 11 is 0. The number of ether oxygens (including phenoxy) is 1. The van der Waals surface area contributed by atoms with Crippen LogP contribution in [0.5, 0.6) is 0 Å². The highest BCUT2D eigenvalue weighted by Gasteiger charge is 2.15. The molecule has 0 fully saturated rings. The molecule has 0 spiro atoms. The topological polar surface area (TPSA) is 88.3 Å². The van der Waals surface area contributed by atoms with Crippen LogP contribution >= 0.6 is 0 Å². The summed E-state index contributed by atoms with van der Waals surface area (Å²) in [6, 6.07) is 7.97. The average molecular weight is 286 g/mol. The van der Waals surface area contributed by atoms with E-state index in [1.54, 1.807) is 24.3 Å². The van der Waals surface area contributed by atoms with Gasteiger partial charge in [0.05, 0.1) is 18.4 Å². The third-order valence-corrected chi connectivity index (χ3v) is 2.91. The van der Waals surface area contributed by atoms with Crippen LogP contribution in [0, 0.1) is 0 Å². The van der Waals surface area contributed by atoms with Gasteiger partial charge in [0.1, 0.15) is 5.69 Å². The van der Waals surface area contributed by atoms with E-state index in [-0.39, 0.29) is 17.0 Å².